The molecule has 0 aliphatic carbocycles. The van der Waals surface area contributed by atoms with Gasteiger partial charge in [0, 0.05) is 38.8 Å². The minimum absolute atomic E-state index is 0.704. The van der Waals surface area contributed by atoms with Crippen LogP contribution in [0, 0.1) is 41.5 Å². The van der Waals surface area contributed by atoms with Gasteiger partial charge in [-0.25, -0.2) is 4.98 Å². The van der Waals surface area contributed by atoms with Crippen LogP contribution in [0.3, 0.4) is 0 Å². The molecule has 6 nitrogen and oxygen atoms in total. The minimum atomic E-state index is 0.704. The van der Waals surface area contributed by atoms with E-state index in [-0.39, 0.29) is 0 Å². The van der Waals surface area contributed by atoms with Gasteiger partial charge in [0.1, 0.15) is 11.5 Å². The van der Waals surface area contributed by atoms with E-state index >= 15 is 0 Å². The van der Waals surface area contributed by atoms with Gasteiger partial charge in [0.05, 0.1) is 42.2 Å². The number of hydrogen-bond acceptors (Lipinski definition) is 3. The summed E-state index contributed by atoms with van der Waals surface area (Å²) >= 11 is 0. The van der Waals surface area contributed by atoms with Crippen LogP contribution in [0.5, 0.6) is 11.5 Å². The van der Waals surface area contributed by atoms with Gasteiger partial charge in [0.2, 0.25) is 0 Å². The summed E-state index contributed by atoms with van der Waals surface area (Å²) in [7, 11) is 3.40. The second kappa shape index (κ2) is 12.4. The molecule has 0 saturated heterocycles. The molecule has 4 aromatic heterocycles. The minimum Gasteiger partial charge on any atom is -0.496 e. The molecule has 5 heterocycles. The maximum absolute atomic E-state index is 6.00. The highest BCUT2D eigenvalue weighted by Gasteiger charge is 2.22. The Morgan fingerprint density at radius 3 is 1.20 bits per heavy atom. The summed E-state index contributed by atoms with van der Waals surface area (Å²) in [5.41, 5.74) is 21.2. The molecule has 0 spiro atoms. The van der Waals surface area contributed by atoms with Crippen LogP contribution in [0.1, 0.15) is 44.8 Å². The van der Waals surface area contributed by atoms with Crippen molar-refractivity contribution in [1.29, 1.82) is 0 Å². The first kappa shape index (κ1) is 32.2. The smallest absolute Gasteiger partial charge is 0.130 e. The molecule has 51 heavy (non-hydrogen) atoms. The van der Waals surface area contributed by atoms with Crippen LogP contribution in [0.4, 0.5) is 0 Å². The first-order chi connectivity index (χ1) is 24.6. The van der Waals surface area contributed by atoms with E-state index in [4.69, 9.17) is 14.5 Å². The van der Waals surface area contributed by atoms with Gasteiger partial charge in [0.25, 0.3) is 0 Å². The number of rotatable bonds is 5. The van der Waals surface area contributed by atoms with E-state index < -0.39 is 0 Å². The average molecular weight is 671 g/mol. The van der Waals surface area contributed by atoms with Crippen molar-refractivity contribution in [1.82, 2.24) is 19.9 Å². The lowest BCUT2D eigenvalue weighted by molar-refractivity contribution is 0.397. The number of ether oxygens (including phenoxy) is 2. The van der Waals surface area contributed by atoms with Crippen molar-refractivity contribution in [2.75, 3.05) is 14.2 Å². The Balaban J connectivity index is 1.62. The van der Waals surface area contributed by atoms with Gasteiger partial charge >= 0.3 is 0 Å². The van der Waals surface area contributed by atoms with E-state index in [0.717, 1.165) is 66.7 Å². The maximum atomic E-state index is 6.00. The van der Waals surface area contributed by atoms with Crippen LogP contribution in [-0.2, 0) is 0 Å². The highest BCUT2D eigenvalue weighted by Crippen LogP contribution is 2.44. The number of aromatic amines is 3. The molecule has 0 amide bonds. The number of aryl methyl sites for hydroxylation is 6. The van der Waals surface area contributed by atoms with Crippen molar-refractivity contribution >= 4 is 45.3 Å². The van der Waals surface area contributed by atoms with E-state index in [1.54, 1.807) is 14.2 Å². The predicted molar refractivity (Wildman–Crippen MR) is 213 cm³/mol. The van der Waals surface area contributed by atoms with Crippen LogP contribution >= 0.6 is 0 Å². The number of fused-ring (bicyclic) bond motifs is 9. The van der Waals surface area contributed by atoms with Crippen LogP contribution in [0.2, 0.25) is 0 Å². The topological polar surface area (TPSA) is 78.7 Å². The van der Waals surface area contributed by atoms with Crippen molar-refractivity contribution in [3.05, 3.63) is 124 Å². The van der Waals surface area contributed by atoms with Crippen molar-refractivity contribution < 1.29 is 9.47 Å². The SMILES string of the molecule is COc1cccc(OC)c1-c1c2nc(c(-c3c(C)cc(C)cc3C)c3ccc([nH]3)c3ccc([nH]3)c(-c3c(C)cc(C)cc3C)c3ccc1[nH]3)C=C2. The summed E-state index contributed by atoms with van der Waals surface area (Å²) in [6, 6.07) is 27.9. The fraction of sp³-hybridized carbons (Fsp3) is 0.178. The van der Waals surface area contributed by atoms with E-state index in [9.17, 15) is 0 Å². The fourth-order valence-electron chi connectivity index (χ4n) is 8.19. The lowest BCUT2D eigenvalue weighted by atomic mass is 9.92. The van der Waals surface area contributed by atoms with Crippen molar-refractivity contribution in [3.8, 4) is 44.9 Å². The molecular weight excluding hydrogens is 629 g/mol. The third-order valence-electron chi connectivity index (χ3n) is 10.1. The average Bonchev–Trinajstić information content (AvgIpc) is 3.92. The van der Waals surface area contributed by atoms with E-state index in [0.29, 0.717) is 11.5 Å². The molecule has 0 radical (unpaired) electrons. The number of nitrogens with zero attached hydrogens (tertiary/aromatic N) is 1. The van der Waals surface area contributed by atoms with Gasteiger partial charge < -0.3 is 24.4 Å². The van der Waals surface area contributed by atoms with Crippen LogP contribution in [0.15, 0.2) is 78.9 Å². The lowest BCUT2D eigenvalue weighted by Gasteiger charge is -2.14. The molecule has 0 fully saturated rings. The van der Waals surface area contributed by atoms with Gasteiger partial charge in [-0.3, -0.25) is 0 Å². The molecule has 0 unspecified atom stereocenters. The summed E-state index contributed by atoms with van der Waals surface area (Å²) in [6.45, 7) is 13.1. The van der Waals surface area contributed by atoms with Crippen molar-refractivity contribution in [2.45, 2.75) is 41.5 Å². The van der Waals surface area contributed by atoms with E-state index in [1.807, 2.05) is 18.2 Å². The summed E-state index contributed by atoms with van der Waals surface area (Å²) in [5.74, 6) is 1.41. The largest absolute Gasteiger partial charge is 0.496 e. The Hall–Kier alpha value is -6.01. The zero-order valence-corrected chi connectivity index (χ0v) is 30.4. The fourth-order valence-corrected chi connectivity index (χ4v) is 8.19. The molecule has 7 aromatic rings. The molecule has 254 valence electrons. The van der Waals surface area contributed by atoms with Gasteiger partial charge in [-0.05, 0) is 136 Å². The summed E-state index contributed by atoms with van der Waals surface area (Å²) in [5, 5.41) is 0. The number of benzene rings is 3. The van der Waals surface area contributed by atoms with Gasteiger partial charge in [-0.2, -0.15) is 0 Å². The summed E-state index contributed by atoms with van der Waals surface area (Å²) in [6.07, 6.45) is 4.24. The van der Waals surface area contributed by atoms with Crippen molar-refractivity contribution in [3.63, 3.8) is 0 Å². The van der Waals surface area contributed by atoms with Crippen LogP contribution in [-0.4, -0.2) is 34.2 Å². The number of hydrogen-bond donors (Lipinski definition) is 3. The monoisotopic (exact) mass is 670 g/mol. The maximum Gasteiger partial charge on any atom is 0.130 e. The second-order valence-electron chi connectivity index (χ2n) is 13.8. The van der Waals surface area contributed by atoms with Crippen LogP contribution < -0.4 is 9.47 Å². The zero-order valence-electron chi connectivity index (χ0n) is 30.4. The molecule has 0 atom stereocenters. The second-order valence-corrected chi connectivity index (χ2v) is 13.8. The molecule has 8 rings (SSSR count). The standard InChI is InChI=1S/C45H42N4O2/c1-24-20-26(3)40(27(4)21-24)42-32-14-12-30(46-32)31-13-15-33(47-31)43(41-28(5)22-25(2)23-29(41)6)35-17-19-37(49-35)44(36-18-16-34(42)48-36)45-38(50-7)10-9-11-39(45)51-8/h9-23,46-48H,1-8H3. The predicted octanol–water partition coefficient (Wildman–Crippen LogP) is 11.6. The first-order valence-electron chi connectivity index (χ1n) is 17.4. The molecule has 6 heteroatoms. The Kier molecular flexibility index (Phi) is 7.83. The van der Waals surface area contributed by atoms with E-state index in [1.165, 1.54) is 44.5 Å². The third kappa shape index (κ3) is 5.39. The van der Waals surface area contributed by atoms with Gasteiger partial charge in [0.15, 0.2) is 0 Å². The first-order valence-corrected chi connectivity index (χ1v) is 17.4. The molecule has 1 aliphatic heterocycles. The Morgan fingerprint density at radius 2 is 0.765 bits per heavy atom. The Morgan fingerprint density at radius 1 is 0.412 bits per heavy atom. The number of aromatic nitrogens is 4. The normalized spacial score (nSPS) is 11.8. The summed E-state index contributed by atoms with van der Waals surface area (Å²) in [4.78, 5) is 16.9. The highest BCUT2D eigenvalue weighted by atomic mass is 16.5. The lowest BCUT2D eigenvalue weighted by Crippen LogP contribution is -1.96. The van der Waals surface area contributed by atoms with E-state index in [2.05, 4.69) is 129 Å². The number of nitrogens with one attached hydrogen (secondary N) is 3. The quantitative estimate of drug-likeness (QED) is 0.170. The molecule has 1 aliphatic rings. The number of H-pyrrole nitrogens is 3. The molecule has 0 saturated carbocycles. The summed E-state index contributed by atoms with van der Waals surface area (Å²) < 4.78 is 12.0. The molecule has 3 N–H and O–H groups in total. The van der Waals surface area contributed by atoms with Crippen LogP contribution in [0.25, 0.3) is 78.6 Å². The van der Waals surface area contributed by atoms with Crippen molar-refractivity contribution in [2.24, 2.45) is 0 Å². The number of methoxy groups -OCH3 is 2. The molecule has 3 aromatic carbocycles. The highest BCUT2D eigenvalue weighted by molar-refractivity contribution is 6.02. The molecular formula is C45H42N4O2. The Labute approximate surface area is 298 Å². The van der Waals surface area contributed by atoms with Gasteiger partial charge in [-0.1, -0.05) is 41.5 Å². The third-order valence-corrected chi connectivity index (χ3v) is 10.1. The zero-order chi connectivity index (χ0) is 35.6. The van der Waals surface area contributed by atoms with Gasteiger partial charge in [-0.15, -0.1) is 0 Å². The Bertz CT molecular complexity index is 2610. The molecule has 8 bridgehead atoms.